The number of nitrogens with one attached hydrogen (secondary N) is 1. The number of carbonyl (C=O) groups is 3. The van der Waals surface area contributed by atoms with E-state index >= 15 is 0 Å². The fourth-order valence-electron chi connectivity index (χ4n) is 5.46. The molecule has 0 aliphatic carbocycles. The van der Waals surface area contributed by atoms with E-state index in [2.05, 4.69) is 5.32 Å². The summed E-state index contributed by atoms with van der Waals surface area (Å²) in [7, 11) is 0.136. The predicted octanol–water partition coefficient (Wildman–Crippen LogP) is 9.51. The van der Waals surface area contributed by atoms with E-state index in [-0.39, 0.29) is 71.7 Å². The second-order valence-electron chi connectivity index (χ2n) is 11.5. The summed E-state index contributed by atoms with van der Waals surface area (Å²) < 4.78 is 40.7. The van der Waals surface area contributed by atoms with Gasteiger partial charge >= 0.3 is 0 Å². The number of fused-ring (bicyclic) bond motifs is 1. The number of methoxy groups -OCH3 is 2. The molecule has 0 radical (unpaired) electrons. The second-order valence-corrected chi connectivity index (χ2v) is 13.1. The molecule has 0 bridgehead atoms. The Bertz CT molecular complexity index is 1770. The zero-order valence-corrected chi connectivity index (χ0v) is 29.0. The molecule has 4 rings (SSSR count). The van der Waals surface area contributed by atoms with Crippen molar-refractivity contribution in [1.29, 1.82) is 0 Å². The van der Waals surface area contributed by atoms with Crippen LogP contribution in [0.2, 0.25) is 0 Å². The number of rotatable bonds is 16. The number of Topliss-reactive ketones (excluding diaryl/α,β-unsaturated/α-hetero) is 2. The lowest BCUT2D eigenvalue weighted by atomic mass is 9.85. The van der Waals surface area contributed by atoms with Crippen molar-refractivity contribution in [3.8, 4) is 0 Å². The summed E-state index contributed by atoms with van der Waals surface area (Å²) >= 11 is 0. The van der Waals surface area contributed by atoms with E-state index < -0.39 is 15.7 Å². The molecular weight excluding hydrogens is 679 g/mol. The van der Waals surface area contributed by atoms with Gasteiger partial charge in [-0.1, -0.05) is 121 Å². The van der Waals surface area contributed by atoms with Gasteiger partial charge in [-0.2, -0.15) is 8.42 Å². The molecule has 4 aromatic rings. The maximum atomic E-state index is 12.7. The molecule has 0 aliphatic rings. The molecular formula is C42H63NO8S. The first-order valence-electron chi connectivity index (χ1n) is 15.8. The molecule has 2 atom stereocenters. The minimum Gasteiger partial charge on any atom is -0.373 e. The fourth-order valence-corrected chi connectivity index (χ4v) is 6.47. The monoisotopic (exact) mass is 741 g/mol. The molecule has 0 aliphatic heterocycles. The van der Waals surface area contributed by atoms with Crippen LogP contribution in [0.25, 0.3) is 10.8 Å². The van der Waals surface area contributed by atoms with Crippen molar-refractivity contribution in [2.24, 2.45) is 0 Å². The van der Waals surface area contributed by atoms with Crippen molar-refractivity contribution in [2.75, 3.05) is 26.6 Å². The Morgan fingerprint density at radius 1 is 0.750 bits per heavy atom. The molecule has 0 spiro atoms. The maximum absolute atomic E-state index is 12.7. The Balaban J connectivity index is -0.00000119. The number of ether oxygens (including phenoxy) is 2. The smallest absolute Gasteiger partial charge is 0.299 e. The van der Waals surface area contributed by atoms with Gasteiger partial charge in [0.15, 0.2) is 11.6 Å². The molecule has 0 heterocycles. The average molecular weight is 742 g/mol. The number of benzene rings is 4. The van der Waals surface area contributed by atoms with Gasteiger partial charge in [0.05, 0.1) is 12.8 Å². The third-order valence-electron chi connectivity index (χ3n) is 8.22. The quantitative estimate of drug-likeness (QED) is 0.0890. The van der Waals surface area contributed by atoms with Gasteiger partial charge in [-0.15, -0.1) is 0 Å². The SMILES string of the molecule is C.C.C.C.COC(CCCCC(=O)Nc1ccc2ccccc2c1S(=O)(=O)OC)(Cc1ccccc1)C(C)=O.COC(Cc1ccccc1)C(C)=O.[HH]. The lowest BCUT2D eigenvalue weighted by Crippen LogP contribution is -2.41. The van der Waals surface area contributed by atoms with Crippen molar-refractivity contribution >= 4 is 44.1 Å². The molecule has 52 heavy (non-hydrogen) atoms. The molecule has 0 saturated carbocycles. The van der Waals surface area contributed by atoms with Crippen LogP contribution in [0.5, 0.6) is 0 Å². The van der Waals surface area contributed by atoms with E-state index in [0.717, 1.165) is 23.6 Å². The summed E-state index contributed by atoms with van der Waals surface area (Å²) in [5.41, 5.74) is 1.36. The van der Waals surface area contributed by atoms with Crippen LogP contribution in [0.1, 0.15) is 81.8 Å². The van der Waals surface area contributed by atoms with Crippen LogP contribution < -0.4 is 5.32 Å². The lowest BCUT2D eigenvalue weighted by molar-refractivity contribution is -0.139. The van der Waals surface area contributed by atoms with Gasteiger partial charge in [-0.3, -0.25) is 18.6 Å². The number of amides is 1. The minimum atomic E-state index is -4.06. The zero-order valence-electron chi connectivity index (χ0n) is 28.2. The fraction of sp³-hybridized carbons (Fsp3) is 0.405. The zero-order chi connectivity index (χ0) is 35.2. The van der Waals surface area contributed by atoms with Crippen LogP contribution in [0.15, 0.2) is 102 Å². The number of ketones is 2. The number of carbonyl (C=O) groups excluding carboxylic acids is 3. The number of unbranched alkanes of at least 4 members (excludes halogenated alkanes) is 1. The van der Waals surface area contributed by atoms with E-state index in [0.29, 0.717) is 37.5 Å². The third kappa shape index (κ3) is 14.1. The van der Waals surface area contributed by atoms with Crippen molar-refractivity contribution in [3.63, 3.8) is 0 Å². The van der Waals surface area contributed by atoms with Crippen molar-refractivity contribution < 1.29 is 37.9 Å². The molecule has 290 valence electrons. The molecule has 1 N–H and O–H groups in total. The van der Waals surface area contributed by atoms with Crippen molar-refractivity contribution in [2.45, 2.75) is 98.7 Å². The first-order chi connectivity index (χ1) is 23.0. The van der Waals surface area contributed by atoms with Crippen LogP contribution in [0, 0.1) is 0 Å². The molecule has 2 unspecified atom stereocenters. The third-order valence-corrected chi connectivity index (χ3v) is 9.60. The Labute approximate surface area is 314 Å². The number of hydrogen-bond acceptors (Lipinski definition) is 8. The van der Waals surface area contributed by atoms with Gasteiger partial charge in [0.25, 0.3) is 10.1 Å². The second kappa shape index (κ2) is 24.1. The summed E-state index contributed by atoms with van der Waals surface area (Å²) in [4.78, 5) is 36.1. The predicted molar refractivity (Wildman–Crippen MR) is 216 cm³/mol. The molecule has 1 amide bonds. The van der Waals surface area contributed by atoms with Crippen LogP contribution in [-0.2, 0) is 51.0 Å². The van der Waals surface area contributed by atoms with Crippen LogP contribution in [-0.4, -0.2) is 58.9 Å². The summed E-state index contributed by atoms with van der Waals surface area (Å²) in [6, 6.07) is 29.9. The highest BCUT2D eigenvalue weighted by atomic mass is 32.2. The topological polar surface area (TPSA) is 125 Å². The summed E-state index contributed by atoms with van der Waals surface area (Å²) in [5.74, 6) is -0.299. The van der Waals surface area contributed by atoms with E-state index in [9.17, 15) is 22.8 Å². The van der Waals surface area contributed by atoms with Crippen LogP contribution in [0.4, 0.5) is 5.69 Å². The van der Waals surface area contributed by atoms with Gasteiger partial charge in [0.2, 0.25) is 5.91 Å². The standard InChI is InChI=1S/C27H31NO6S.C11H14O2.4CH4.H2/c1-20(29)27(33-2,19-21-11-5-4-6-12-21)18-10-9-15-25(30)28-24-17-16-22-13-7-8-14-23(22)26(24)35(31,32)34-3;1-9(12)11(13-2)8-10-6-4-3-5-7-10;;;;;/h4-8,11-14,16-17H,9-10,15,18-19H2,1-3H3,(H,28,30);3-7,11H,8H2,1-2H3;4*1H4;1H. The molecule has 9 nitrogen and oxygen atoms in total. The van der Waals surface area contributed by atoms with Gasteiger partial charge < -0.3 is 14.8 Å². The molecule has 0 aromatic heterocycles. The van der Waals surface area contributed by atoms with E-state index in [1.54, 1.807) is 44.4 Å². The molecule has 0 fully saturated rings. The van der Waals surface area contributed by atoms with Crippen LogP contribution in [0.3, 0.4) is 0 Å². The molecule has 10 heteroatoms. The van der Waals surface area contributed by atoms with Gasteiger partial charge in [0.1, 0.15) is 16.6 Å². The van der Waals surface area contributed by atoms with E-state index in [1.807, 2.05) is 66.7 Å². The van der Waals surface area contributed by atoms with Crippen molar-refractivity contribution in [1.82, 2.24) is 0 Å². The van der Waals surface area contributed by atoms with Gasteiger partial charge in [-0.25, -0.2) is 0 Å². The normalized spacial score (nSPS) is 12.1. The van der Waals surface area contributed by atoms with E-state index in [4.69, 9.17) is 13.7 Å². The Morgan fingerprint density at radius 2 is 1.31 bits per heavy atom. The first kappa shape index (κ1) is 49.9. The van der Waals surface area contributed by atoms with Crippen LogP contribution >= 0.6 is 0 Å². The summed E-state index contributed by atoms with van der Waals surface area (Å²) in [6.45, 7) is 3.08. The highest BCUT2D eigenvalue weighted by molar-refractivity contribution is 7.87. The number of hydrogen-bond donors (Lipinski definition) is 1. The average Bonchev–Trinajstić information content (AvgIpc) is 3.09. The maximum Gasteiger partial charge on any atom is 0.299 e. The van der Waals surface area contributed by atoms with Gasteiger partial charge in [0, 0.05) is 40.3 Å². The number of anilines is 1. The largest absolute Gasteiger partial charge is 0.373 e. The first-order valence-corrected chi connectivity index (χ1v) is 17.2. The highest BCUT2D eigenvalue weighted by Crippen LogP contribution is 2.32. The molecule has 4 aromatic carbocycles. The Morgan fingerprint density at radius 3 is 1.83 bits per heavy atom. The lowest BCUT2D eigenvalue weighted by Gasteiger charge is -2.30. The minimum absolute atomic E-state index is 0. The Hall–Kier alpha value is -4.22. The molecule has 0 saturated heterocycles. The van der Waals surface area contributed by atoms with E-state index in [1.165, 1.54) is 14.0 Å². The Kier molecular flexibility index (Phi) is 23.1. The van der Waals surface area contributed by atoms with Gasteiger partial charge in [-0.05, 0) is 55.7 Å². The summed E-state index contributed by atoms with van der Waals surface area (Å²) in [5, 5.41) is 3.91. The highest BCUT2D eigenvalue weighted by Gasteiger charge is 2.35. The van der Waals surface area contributed by atoms with Crippen molar-refractivity contribution in [3.05, 3.63) is 108 Å². The summed E-state index contributed by atoms with van der Waals surface area (Å²) in [6.07, 6.45) is 2.56.